The molecule has 0 aliphatic heterocycles. The number of hydrogen-bond donors (Lipinski definition) is 2. The third-order valence-electron chi connectivity index (χ3n) is 4.44. The zero-order valence-corrected chi connectivity index (χ0v) is 16.8. The number of carbonyl (C=O) groups is 2. The molecule has 0 aliphatic carbocycles. The van der Waals surface area contributed by atoms with Crippen LogP contribution < -0.4 is 5.32 Å². The van der Waals surface area contributed by atoms with Crippen LogP contribution in [0.5, 0.6) is 0 Å². The van der Waals surface area contributed by atoms with Gasteiger partial charge in [-0.1, -0.05) is 59.6 Å². The lowest BCUT2D eigenvalue weighted by Crippen LogP contribution is -2.42. The fraction of sp³-hybridized carbons (Fsp3) is 0.0909. The average molecular weight is 450 g/mol. The molecule has 0 heterocycles. The van der Waals surface area contributed by atoms with Crippen LogP contribution in [-0.2, 0) is 11.2 Å². The smallest absolute Gasteiger partial charge is 0.326 e. The molecule has 0 fully saturated rings. The summed E-state index contributed by atoms with van der Waals surface area (Å²) in [6.07, 6.45) is -0.0524. The summed E-state index contributed by atoms with van der Waals surface area (Å²) >= 11 is 12.0. The third-order valence-corrected chi connectivity index (χ3v) is 5.07. The molecule has 1 atom stereocenters. The lowest BCUT2D eigenvalue weighted by molar-refractivity contribution is -0.139. The number of aliphatic carboxylic acids is 1. The van der Waals surface area contributed by atoms with Crippen LogP contribution in [0.4, 0.5) is 8.78 Å². The number of carboxylic acid groups (broad SMARTS) is 1. The molecule has 3 aromatic carbocycles. The van der Waals surface area contributed by atoms with Gasteiger partial charge in [-0.25, -0.2) is 13.6 Å². The van der Waals surface area contributed by atoms with Crippen LogP contribution in [0.25, 0.3) is 11.1 Å². The van der Waals surface area contributed by atoms with Crippen molar-refractivity contribution in [3.63, 3.8) is 0 Å². The summed E-state index contributed by atoms with van der Waals surface area (Å²) in [5.41, 5.74) is 0.680. The van der Waals surface area contributed by atoms with E-state index in [2.05, 4.69) is 5.32 Å². The first-order valence-electron chi connectivity index (χ1n) is 8.79. The standard InChI is InChI=1S/C22H15Cl2F2NO3/c23-14-3-1-4-15(24)20(14)21(28)27-18(22(29)30)11-12-7-9-13(10-8-12)19-16(25)5-2-6-17(19)26/h1-10,18H,11H2,(H,27,28)(H,29,30)/t18-/m0/s1. The van der Waals surface area contributed by atoms with Crippen molar-refractivity contribution in [1.29, 1.82) is 0 Å². The zero-order chi connectivity index (χ0) is 21.8. The third kappa shape index (κ3) is 4.78. The van der Waals surface area contributed by atoms with Crippen molar-refractivity contribution in [1.82, 2.24) is 5.32 Å². The molecule has 1 amide bonds. The number of amides is 1. The summed E-state index contributed by atoms with van der Waals surface area (Å²) in [7, 11) is 0. The van der Waals surface area contributed by atoms with Crippen molar-refractivity contribution in [3.05, 3.63) is 93.5 Å². The fourth-order valence-corrected chi connectivity index (χ4v) is 3.53. The van der Waals surface area contributed by atoms with Gasteiger partial charge in [-0.05, 0) is 35.4 Å². The Kier molecular flexibility index (Phi) is 6.70. The van der Waals surface area contributed by atoms with Gasteiger partial charge in [0, 0.05) is 6.42 Å². The molecular formula is C22H15Cl2F2NO3. The van der Waals surface area contributed by atoms with Crippen LogP contribution in [0.3, 0.4) is 0 Å². The number of rotatable bonds is 6. The van der Waals surface area contributed by atoms with Gasteiger partial charge < -0.3 is 10.4 Å². The van der Waals surface area contributed by atoms with Gasteiger partial charge >= 0.3 is 5.97 Å². The highest BCUT2D eigenvalue weighted by Gasteiger charge is 2.24. The van der Waals surface area contributed by atoms with E-state index >= 15 is 0 Å². The summed E-state index contributed by atoms with van der Waals surface area (Å²) in [4.78, 5) is 24.1. The number of carboxylic acids is 1. The first-order valence-corrected chi connectivity index (χ1v) is 9.54. The summed E-state index contributed by atoms with van der Waals surface area (Å²) in [6.45, 7) is 0. The topological polar surface area (TPSA) is 66.4 Å². The minimum absolute atomic E-state index is 0.0162. The molecule has 30 heavy (non-hydrogen) atoms. The van der Waals surface area contributed by atoms with Crippen molar-refractivity contribution in [3.8, 4) is 11.1 Å². The maximum atomic E-state index is 13.9. The Bertz CT molecular complexity index is 1060. The molecule has 2 N–H and O–H groups in total. The van der Waals surface area contributed by atoms with Gasteiger partial charge in [-0.3, -0.25) is 4.79 Å². The molecule has 0 bridgehead atoms. The number of halogens is 4. The summed E-state index contributed by atoms with van der Waals surface area (Å²) in [6, 6.07) is 12.9. The molecule has 3 rings (SSSR count). The van der Waals surface area contributed by atoms with Gasteiger partial charge in [0.25, 0.3) is 5.91 Å². The molecule has 3 aromatic rings. The highest BCUT2D eigenvalue weighted by molar-refractivity contribution is 6.39. The molecule has 8 heteroatoms. The molecular weight excluding hydrogens is 435 g/mol. The molecule has 4 nitrogen and oxygen atoms in total. The predicted octanol–water partition coefficient (Wildman–Crippen LogP) is 5.36. The Morgan fingerprint density at radius 1 is 0.900 bits per heavy atom. The SMILES string of the molecule is O=C(N[C@@H](Cc1ccc(-c2c(F)cccc2F)cc1)C(=O)O)c1c(Cl)cccc1Cl. The van der Waals surface area contributed by atoms with Crippen LogP contribution >= 0.6 is 23.2 Å². The van der Waals surface area contributed by atoms with E-state index in [9.17, 15) is 23.5 Å². The van der Waals surface area contributed by atoms with Crippen LogP contribution in [0, 0.1) is 11.6 Å². The van der Waals surface area contributed by atoms with Crippen LogP contribution in [0.1, 0.15) is 15.9 Å². The van der Waals surface area contributed by atoms with Crippen molar-refractivity contribution in [2.75, 3.05) is 0 Å². The minimum Gasteiger partial charge on any atom is -0.480 e. The first-order chi connectivity index (χ1) is 14.3. The zero-order valence-electron chi connectivity index (χ0n) is 15.3. The number of nitrogens with one attached hydrogen (secondary N) is 1. The summed E-state index contributed by atoms with van der Waals surface area (Å²) < 4.78 is 27.9. The highest BCUT2D eigenvalue weighted by Crippen LogP contribution is 2.27. The maximum Gasteiger partial charge on any atom is 0.326 e. The van der Waals surface area contributed by atoms with E-state index in [4.69, 9.17) is 23.2 Å². The van der Waals surface area contributed by atoms with Crippen molar-refractivity contribution < 1.29 is 23.5 Å². The van der Waals surface area contributed by atoms with Gasteiger partial charge in [0.1, 0.15) is 17.7 Å². The Morgan fingerprint density at radius 2 is 1.43 bits per heavy atom. The molecule has 0 aliphatic rings. The minimum atomic E-state index is -1.26. The van der Waals surface area contributed by atoms with E-state index in [0.29, 0.717) is 11.1 Å². The average Bonchev–Trinajstić information content (AvgIpc) is 2.68. The Hall–Kier alpha value is -2.96. The van der Waals surface area contributed by atoms with Gasteiger partial charge in [0.2, 0.25) is 0 Å². The van der Waals surface area contributed by atoms with E-state index in [-0.39, 0.29) is 27.6 Å². The second kappa shape index (κ2) is 9.24. The molecule has 0 aromatic heterocycles. The monoisotopic (exact) mass is 449 g/mol. The van der Waals surface area contributed by atoms with E-state index in [0.717, 1.165) is 12.1 Å². The van der Waals surface area contributed by atoms with Gasteiger partial charge in [-0.2, -0.15) is 0 Å². The van der Waals surface area contributed by atoms with Crippen molar-refractivity contribution in [2.24, 2.45) is 0 Å². The second-order valence-corrected chi connectivity index (χ2v) is 7.27. The van der Waals surface area contributed by atoms with Gasteiger partial charge in [-0.15, -0.1) is 0 Å². The second-order valence-electron chi connectivity index (χ2n) is 6.46. The number of benzene rings is 3. The Morgan fingerprint density at radius 3 is 1.97 bits per heavy atom. The lowest BCUT2D eigenvalue weighted by atomic mass is 9.99. The fourth-order valence-electron chi connectivity index (χ4n) is 2.96. The summed E-state index contributed by atoms with van der Waals surface area (Å²) in [5, 5.41) is 12.1. The normalized spacial score (nSPS) is 11.7. The Balaban J connectivity index is 1.79. The quantitative estimate of drug-likeness (QED) is 0.531. The van der Waals surface area contributed by atoms with Gasteiger partial charge in [0.05, 0.1) is 21.2 Å². The summed E-state index contributed by atoms with van der Waals surface area (Å²) in [5.74, 6) is -3.37. The molecule has 0 unspecified atom stereocenters. The predicted molar refractivity (Wildman–Crippen MR) is 111 cm³/mol. The number of hydrogen-bond acceptors (Lipinski definition) is 2. The lowest BCUT2D eigenvalue weighted by Gasteiger charge is -2.16. The van der Waals surface area contributed by atoms with E-state index < -0.39 is 29.6 Å². The van der Waals surface area contributed by atoms with Crippen LogP contribution in [0.15, 0.2) is 60.7 Å². The molecule has 0 radical (unpaired) electrons. The van der Waals surface area contributed by atoms with E-state index in [1.807, 2.05) is 0 Å². The molecule has 0 saturated carbocycles. The van der Waals surface area contributed by atoms with E-state index in [1.165, 1.54) is 30.3 Å². The van der Waals surface area contributed by atoms with Crippen molar-refractivity contribution >= 4 is 35.1 Å². The largest absolute Gasteiger partial charge is 0.480 e. The van der Waals surface area contributed by atoms with Crippen LogP contribution in [0.2, 0.25) is 10.0 Å². The van der Waals surface area contributed by atoms with Gasteiger partial charge in [0.15, 0.2) is 0 Å². The Labute approximate surface area is 181 Å². The number of carbonyl (C=O) groups excluding carboxylic acids is 1. The highest BCUT2D eigenvalue weighted by atomic mass is 35.5. The van der Waals surface area contributed by atoms with Crippen molar-refractivity contribution in [2.45, 2.75) is 12.5 Å². The molecule has 0 saturated heterocycles. The van der Waals surface area contributed by atoms with Crippen LogP contribution in [-0.4, -0.2) is 23.0 Å². The first kappa shape index (κ1) is 21.7. The van der Waals surface area contributed by atoms with E-state index in [1.54, 1.807) is 18.2 Å². The molecule has 154 valence electrons. The maximum absolute atomic E-state index is 13.9. The molecule has 0 spiro atoms.